The van der Waals surface area contributed by atoms with Crippen LogP contribution in [0.2, 0.25) is 0 Å². The second-order valence-corrected chi connectivity index (χ2v) is 4.00. The fraction of sp³-hybridized carbons (Fsp3) is 0.889. The van der Waals surface area contributed by atoms with Crippen LogP contribution in [0.4, 0.5) is 0 Å². The van der Waals surface area contributed by atoms with Crippen LogP contribution in [0.3, 0.4) is 0 Å². The van der Waals surface area contributed by atoms with Crippen LogP contribution in [0.5, 0.6) is 0 Å². The number of nitrogens with zero attached hydrogens (tertiary/aromatic N) is 4. The van der Waals surface area contributed by atoms with E-state index in [0.29, 0.717) is 31.0 Å². The molecule has 1 aliphatic carbocycles. The van der Waals surface area contributed by atoms with Gasteiger partial charge in [-0.15, -0.1) is 16.7 Å². The molecule has 1 aromatic heterocycles. The summed E-state index contributed by atoms with van der Waals surface area (Å²) in [5, 5.41) is 11.2. The maximum absolute atomic E-state index is 5.72. The van der Waals surface area contributed by atoms with E-state index in [1.807, 2.05) is 0 Å². The molecule has 1 fully saturated rings. The van der Waals surface area contributed by atoms with Crippen LogP contribution in [0, 0.1) is 0 Å². The molecule has 0 saturated heterocycles. The molecule has 0 spiro atoms. The zero-order chi connectivity index (χ0) is 10.5. The highest BCUT2D eigenvalue weighted by molar-refractivity contribution is 6.16. The van der Waals surface area contributed by atoms with Gasteiger partial charge in [0, 0.05) is 0 Å². The van der Waals surface area contributed by atoms with Gasteiger partial charge in [-0.1, -0.05) is 12.8 Å². The Morgan fingerprint density at radius 3 is 2.93 bits per heavy atom. The highest BCUT2D eigenvalue weighted by Crippen LogP contribution is 2.20. The highest BCUT2D eigenvalue weighted by atomic mass is 35.5. The van der Waals surface area contributed by atoms with Gasteiger partial charge in [0.15, 0.2) is 5.82 Å². The molecule has 0 aromatic carbocycles. The molecule has 6 heteroatoms. The van der Waals surface area contributed by atoms with Gasteiger partial charge >= 0.3 is 0 Å². The van der Waals surface area contributed by atoms with E-state index >= 15 is 0 Å². The first-order chi connectivity index (χ1) is 7.40. The number of rotatable bonds is 5. The lowest BCUT2D eigenvalue weighted by Gasteiger charge is -2.10. The minimum absolute atomic E-state index is 0.344. The van der Waals surface area contributed by atoms with Crippen LogP contribution < -0.4 is 0 Å². The second kappa shape index (κ2) is 5.42. The normalized spacial score (nSPS) is 17.4. The van der Waals surface area contributed by atoms with Crippen LogP contribution in [0.15, 0.2) is 0 Å². The van der Waals surface area contributed by atoms with Gasteiger partial charge in [-0.05, 0) is 23.3 Å². The summed E-state index contributed by atoms with van der Waals surface area (Å²) in [5.74, 6) is 1.04. The lowest BCUT2D eigenvalue weighted by molar-refractivity contribution is 0.0508. The molecule has 1 saturated carbocycles. The zero-order valence-corrected chi connectivity index (χ0v) is 9.36. The number of aromatic nitrogens is 4. The van der Waals surface area contributed by atoms with Crippen molar-refractivity contribution in [2.45, 2.75) is 44.2 Å². The summed E-state index contributed by atoms with van der Waals surface area (Å²) in [7, 11) is 0. The summed E-state index contributed by atoms with van der Waals surface area (Å²) in [4.78, 5) is 0. The molecule has 0 N–H and O–H groups in total. The van der Waals surface area contributed by atoms with Gasteiger partial charge in [0.25, 0.3) is 0 Å². The molecule has 15 heavy (non-hydrogen) atoms. The van der Waals surface area contributed by atoms with Gasteiger partial charge in [-0.3, -0.25) is 0 Å². The number of ether oxygens (including phenoxy) is 1. The van der Waals surface area contributed by atoms with E-state index in [1.54, 1.807) is 4.68 Å². The number of halogens is 1. The van der Waals surface area contributed by atoms with Crippen molar-refractivity contribution in [3.8, 4) is 0 Å². The zero-order valence-electron chi connectivity index (χ0n) is 8.60. The molecule has 2 rings (SSSR count). The number of tetrazole rings is 1. The summed E-state index contributed by atoms with van der Waals surface area (Å²) in [6.07, 6.45) is 5.42. The maximum atomic E-state index is 5.72. The Morgan fingerprint density at radius 1 is 1.40 bits per heavy atom. The number of hydrogen-bond acceptors (Lipinski definition) is 4. The van der Waals surface area contributed by atoms with Gasteiger partial charge < -0.3 is 4.74 Å². The Morgan fingerprint density at radius 2 is 2.20 bits per heavy atom. The first kappa shape index (κ1) is 10.8. The lowest BCUT2D eigenvalue weighted by atomic mass is 10.3. The summed E-state index contributed by atoms with van der Waals surface area (Å²) in [6, 6.07) is 0. The van der Waals surface area contributed by atoms with Crippen molar-refractivity contribution in [1.82, 2.24) is 20.2 Å². The quantitative estimate of drug-likeness (QED) is 0.717. The maximum Gasteiger partial charge on any atom is 0.166 e. The van der Waals surface area contributed by atoms with Crippen molar-refractivity contribution in [2.75, 3.05) is 6.61 Å². The van der Waals surface area contributed by atoms with Crippen molar-refractivity contribution in [3.63, 3.8) is 0 Å². The lowest BCUT2D eigenvalue weighted by Crippen LogP contribution is -2.15. The van der Waals surface area contributed by atoms with E-state index in [-0.39, 0.29) is 0 Å². The van der Waals surface area contributed by atoms with Crippen LogP contribution in [0.25, 0.3) is 0 Å². The van der Waals surface area contributed by atoms with Gasteiger partial charge in [0.2, 0.25) is 0 Å². The Balaban J connectivity index is 1.73. The van der Waals surface area contributed by atoms with Crippen LogP contribution >= 0.6 is 11.6 Å². The van der Waals surface area contributed by atoms with Crippen molar-refractivity contribution < 1.29 is 4.74 Å². The van der Waals surface area contributed by atoms with Crippen LogP contribution in [0.1, 0.15) is 31.5 Å². The monoisotopic (exact) mass is 230 g/mol. The van der Waals surface area contributed by atoms with Crippen LogP contribution in [-0.4, -0.2) is 32.9 Å². The molecule has 1 aliphatic rings. The van der Waals surface area contributed by atoms with Gasteiger partial charge in [-0.2, -0.15) is 0 Å². The fourth-order valence-electron chi connectivity index (χ4n) is 1.85. The topological polar surface area (TPSA) is 52.8 Å². The highest BCUT2D eigenvalue weighted by Gasteiger charge is 2.15. The largest absolute Gasteiger partial charge is 0.376 e. The van der Waals surface area contributed by atoms with Crippen molar-refractivity contribution in [2.24, 2.45) is 0 Å². The molecule has 1 aromatic rings. The second-order valence-electron chi connectivity index (χ2n) is 3.73. The molecule has 1 heterocycles. The minimum Gasteiger partial charge on any atom is -0.376 e. The average molecular weight is 231 g/mol. The van der Waals surface area contributed by atoms with Crippen LogP contribution in [-0.2, 0) is 17.2 Å². The smallest absolute Gasteiger partial charge is 0.166 e. The summed E-state index contributed by atoms with van der Waals surface area (Å²) >= 11 is 5.68. The van der Waals surface area contributed by atoms with E-state index in [2.05, 4.69) is 15.5 Å². The van der Waals surface area contributed by atoms with Gasteiger partial charge in [-0.25, -0.2) is 4.68 Å². The Hall–Kier alpha value is -0.680. The Labute approximate surface area is 93.7 Å². The molecule has 0 aliphatic heterocycles. The Bertz CT molecular complexity index is 298. The predicted molar refractivity (Wildman–Crippen MR) is 55.6 cm³/mol. The van der Waals surface area contributed by atoms with E-state index in [4.69, 9.17) is 16.3 Å². The summed E-state index contributed by atoms with van der Waals surface area (Å²) in [6.45, 7) is 1.35. The first-order valence-corrected chi connectivity index (χ1v) is 5.86. The predicted octanol–water partition coefficient (Wildman–Crippen LogP) is 1.37. The molecule has 84 valence electrons. The van der Waals surface area contributed by atoms with E-state index in [9.17, 15) is 0 Å². The molecular weight excluding hydrogens is 216 g/mol. The third-order valence-corrected chi connectivity index (χ3v) is 2.92. The summed E-state index contributed by atoms with van der Waals surface area (Å²) in [5.41, 5.74) is 0. The van der Waals surface area contributed by atoms with E-state index < -0.39 is 0 Å². The fourth-order valence-corrected chi connectivity index (χ4v) is 2.04. The third kappa shape index (κ3) is 2.89. The SMILES string of the molecule is ClCc1nnnn1CCOC1CCCC1. The molecule has 0 unspecified atom stereocenters. The van der Waals surface area contributed by atoms with Gasteiger partial charge in [0.1, 0.15) is 0 Å². The molecule has 0 amide bonds. The number of alkyl halides is 1. The minimum atomic E-state index is 0.344. The van der Waals surface area contributed by atoms with Crippen molar-refractivity contribution >= 4 is 11.6 Å². The summed E-state index contributed by atoms with van der Waals surface area (Å²) < 4.78 is 7.41. The number of hydrogen-bond donors (Lipinski definition) is 0. The Kier molecular flexibility index (Phi) is 3.91. The van der Waals surface area contributed by atoms with Crippen molar-refractivity contribution in [1.29, 1.82) is 0 Å². The van der Waals surface area contributed by atoms with Crippen molar-refractivity contribution in [3.05, 3.63) is 5.82 Å². The average Bonchev–Trinajstić information content (AvgIpc) is 2.88. The molecule has 5 nitrogen and oxygen atoms in total. The van der Waals surface area contributed by atoms with E-state index in [1.165, 1.54) is 25.7 Å². The molecule has 0 atom stereocenters. The molecule has 0 radical (unpaired) electrons. The molecular formula is C9H15ClN4O. The van der Waals surface area contributed by atoms with Gasteiger partial charge in [0.05, 0.1) is 25.1 Å². The first-order valence-electron chi connectivity index (χ1n) is 5.33. The molecule has 0 bridgehead atoms. The third-order valence-electron chi connectivity index (χ3n) is 2.68. The standard InChI is InChI=1S/C9H15ClN4O/c10-7-9-11-12-13-14(9)5-6-15-8-3-1-2-4-8/h8H,1-7H2. The van der Waals surface area contributed by atoms with E-state index in [0.717, 1.165) is 0 Å².